The third kappa shape index (κ3) is 5.23. The Kier molecular flexibility index (Phi) is 6.66. The number of benzene rings is 2. The largest absolute Gasteiger partial charge is 0.469 e. The van der Waals surface area contributed by atoms with Crippen LogP contribution in [-0.4, -0.2) is 21.6 Å². The summed E-state index contributed by atoms with van der Waals surface area (Å²) in [6.45, 7) is 4.31. The van der Waals surface area contributed by atoms with Gasteiger partial charge in [0.25, 0.3) is 5.91 Å². The minimum Gasteiger partial charge on any atom is -0.469 e. The van der Waals surface area contributed by atoms with Crippen LogP contribution in [0, 0.1) is 13.8 Å². The fraction of sp³-hybridized carbons (Fsp3) is 0.200. The van der Waals surface area contributed by atoms with Crippen molar-refractivity contribution in [1.82, 2.24) is 10.3 Å². The second kappa shape index (κ2) is 9.78. The highest BCUT2D eigenvalue weighted by Crippen LogP contribution is 2.24. The molecule has 1 amide bonds. The molecule has 0 spiro atoms. The number of amides is 1. The Morgan fingerprint density at radius 2 is 1.78 bits per heavy atom. The highest BCUT2D eigenvalue weighted by Gasteiger charge is 2.16. The smallest absolute Gasteiger partial charge is 0.251 e. The summed E-state index contributed by atoms with van der Waals surface area (Å²) < 4.78 is 23.8. The van der Waals surface area contributed by atoms with Gasteiger partial charge in [0.2, 0.25) is 5.89 Å². The van der Waals surface area contributed by atoms with Crippen molar-refractivity contribution in [3.8, 4) is 11.5 Å². The van der Waals surface area contributed by atoms with E-state index in [0.29, 0.717) is 35.9 Å². The van der Waals surface area contributed by atoms with Gasteiger partial charge in [-0.05, 0) is 62.4 Å². The third-order valence-corrected chi connectivity index (χ3v) is 6.41. The number of nitrogens with zero attached hydrogens (tertiary/aromatic N) is 1. The van der Waals surface area contributed by atoms with Gasteiger partial charge in [-0.3, -0.25) is 9.00 Å². The monoisotopic (exact) mass is 448 g/mol. The van der Waals surface area contributed by atoms with Crippen LogP contribution in [0.25, 0.3) is 11.5 Å². The van der Waals surface area contributed by atoms with E-state index in [9.17, 15) is 9.00 Å². The van der Waals surface area contributed by atoms with E-state index in [4.69, 9.17) is 8.83 Å². The van der Waals surface area contributed by atoms with Crippen LogP contribution in [0.5, 0.6) is 0 Å². The summed E-state index contributed by atoms with van der Waals surface area (Å²) in [5.41, 5.74) is 3.10. The maximum atomic E-state index is 12.7. The van der Waals surface area contributed by atoms with Crippen LogP contribution < -0.4 is 5.32 Å². The minimum absolute atomic E-state index is 0.152. The van der Waals surface area contributed by atoms with Crippen molar-refractivity contribution in [2.24, 2.45) is 0 Å². The molecular formula is C25H24N2O4S. The van der Waals surface area contributed by atoms with Crippen LogP contribution in [0.2, 0.25) is 0 Å². The van der Waals surface area contributed by atoms with Gasteiger partial charge in [0, 0.05) is 29.0 Å². The number of rotatable bonds is 8. The molecule has 4 aromatic rings. The van der Waals surface area contributed by atoms with Crippen LogP contribution in [0.4, 0.5) is 0 Å². The quantitative estimate of drug-likeness (QED) is 0.417. The lowest BCUT2D eigenvalue weighted by Crippen LogP contribution is -2.25. The molecule has 0 aliphatic carbocycles. The Labute approximate surface area is 189 Å². The zero-order chi connectivity index (χ0) is 22.5. The van der Waals surface area contributed by atoms with E-state index in [2.05, 4.69) is 10.3 Å². The van der Waals surface area contributed by atoms with Gasteiger partial charge < -0.3 is 14.2 Å². The summed E-state index contributed by atoms with van der Waals surface area (Å²) in [4.78, 5) is 17.7. The highest BCUT2D eigenvalue weighted by atomic mass is 32.2. The summed E-state index contributed by atoms with van der Waals surface area (Å²) in [6.07, 6.45) is 2.25. The first-order valence-electron chi connectivity index (χ1n) is 10.3. The molecule has 6 nitrogen and oxygen atoms in total. The zero-order valence-corrected chi connectivity index (χ0v) is 18.8. The van der Waals surface area contributed by atoms with E-state index in [-0.39, 0.29) is 11.7 Å². The number of aromatic nitrogens is 1. The molecule has 164 valence electrons. The molecule has 2 heterocycles. The van der Waals surface area contributed by atoms with Crippen molar-refractivity contribution in [2.75, 3.05) is 6.54 Å². The van der Waals surface area contributed by atoms with Crippen molar-refractivity contribution in [2.45, 2.75) is 30.9 Å². The van der Waals surface area contributed by atoms with Gasteiger partial charge in [0.05, 0.1) is 28.5 Å². The first-order chi connectivity index (χ1) is 15.5. The molecule has 4 rings (SSSR count). The molecule has 2 aromatic carbocycles. The average molecular weight is 449 g/mol. The maximum absolute atomic E-state index is 12.7. The van der Waals surface area contributed by atoms with Gasteiger partial charge >= 0.3 is 0 Å². The molecule has 32 heavy (non-hydrogen) atoms. The van der Waals surface area contributed by atoms with E-state index in [1.54, 1.807) is 30.5 Å². The van der Waals surface area contributed by atoms with Crippen molar-refractivity contribution < 1.29 is 17.8 Å². The van der Waals surface area contributed by atoms with Crippen molar-refractivity contribution in [3.05, 3.63) is 95.3 Å². The number of carbonyl (C=O) groups is 1. The lowest BCUT2D eigenvalue weighted by Gasteiger charge is -2.04. The Hall–Kier alpha value is -3.45. The van der Waals surface area contributed by atoms with Crippen molar-refractivity contribution in [1.29, 1.82) is 0 Å². The number of hydrogen-bond acceptors (Lipinski definition) is 5. The molecule has 0 radical (unpaired) electrons. The van der Waals surface area contributed by atoms with Gasteiger partial charge in [-0.25, -0.2) is 4.98 Å². The number of furan rings is 1. The maximum Gasteiger partial charge on any atom is 0.251 e. The molecule has 0 aliphatic heterocycles. The van der Waals surface area contributed by atoms with E-state index < -0.39 is 10.8 Å². The molecule has 7 heteroatoms. The van der Waals surface area contributed by atoms with E-state index >= 15 is 0 Å². The molecule has 0 unspecified atom stereocenters. The average Bonchev–Trinajstić information content (AvgIpc) is 3.44. The van der Waals surface area contributed by atoms with Crippen molar-refractivity contribution in [3.63, 3.8) is 0 Å². The van der Waals surface area contributed by atoms with Gasteiger partial charge in [-0.1, -0.05) is 17.7 Å². The van der Waals surface area contributed by atoms with Crippen LogP contribution in [0.1, 0.15) is 33.1 Å². The fourth-order valence-electron chi connectivity index (χ4n) is 3.20. The molecular weight excluding hydrogens is 424 g/mol. The topological polar surface area (TPSA) is 85.3 Å². The first-order valence-corrected chi connectivity index (χ1v) is 11.6. The molecule has 0 aliphatic rings. The fourth-order valence-corrected chi connectivity index (χ4v) is 4.33. The predicted molar refractivity (Wildman–Crippen MR) is 123 cm³/mol. The molecule has 1 N–H and O–H groups in total. The number of carbonyl (C=O) groups excluding carboxylic acids is 1. The Balaban J connectivity index is 1.39. The number of hydrogen-bond donors (Lipinski definition) is 1. The molecule has 1 atom stereocenters. The van der Waals surface area contributed by atoms with E-state index in [1.807, 2.05) is 50.2 Å². The summed E-state index contributed by atoms with van der Waals surface area (Å²) in [6, 6.07) is 18.4. The summed E-state index contributed by atoms with van der Waals surface area (Å²) in [5, 5.41) is 2.88. The second-order valence-electron chi connectivity index (χ2n) is 7.49. The predicted octanol–water partition coefficient (Wildman–Crippen LogP) is 4.83. The minimum atomic E-state index is -1.20. The number of nitrogens with one attached hydrogen (secondary N) is 1. The van der Waals surface area contributed by atoms with Crippen LogP contribution in [-0.2, 0) is 23.0 Å². The summed E-state index contributed by atoms with van der Waals surface area (Å²) in [7, 11) is -1.20. The number of oxazole rings is 1. The lowest BCUT2D eigenvalue weighted by atomic mass is 10.1. The van der Waals surface area contributed by atoms with Crippen LogP contribution in [0.3, 0.4) is 0 Å². The second-order valence-corrected chi connectivity index (χ2v) is 8.94. The van der Waals surface area contributed by atoms with E-state index in [1.165, 1.54) is 0 Å². The number of aryl methyl sites for hydroxylation is 2. The van der Waals surface area contributed by atoms with Gasteiger partial charge in [-0.15, -0.1) is 0 Å². The molecule has 0 saturated heterocycles. The SMILES string of the molecule is Cc1ccc([S@@](=O)Cc2nc(-c3ccc(C(=O)NCCc4ccco4)cc3)oc2C)cc1. The summed E-state index contributed by atoms with van der Waals surface area (Å²) >= 11 is 0. The molecule has 0 bridgehead atoms. The standard InChI is InChI=1S/C25H24N2O4S/c1-17-5-11-22(12-6-17)32(29)16-23-18(2)31-25(27-23)20-9-7-19(8-10-20)24(28)26-14-13-21-4-3-15-30-21/h3-12,15H,13-14,16H2,1-2H3,(H,26,28)/t32-/m0/s1. The molecule has 0 saturated carbocycles. The lowest BCUT2D eigenvalue weighted by molar-refractivity contribution is 0.0953. The Morgan fingerprint density at radius 1 is 1.03 bits per heavy atom. The Morgan fingerprint density at radius 3 is 2.47 bits per heavy atom. The third-order valence-electron chi connectivity index (χ3n) is 5.08. The zero-order valence-electron chi connectivity index (χ0n) is 18.0. The highest BCUT2D eigenvalue weighted by molar-refractivity contribution is 7.84. The van der Waals surface area contributed by atoms with E-state index in [0.717, 1.165) is 21.8 Å². The van der Waals surface area contributed by atoms with Gasteiger partial charge in [0.1, 0.15) is 11.5 Å². The van der Waals surface area contributed by atoms with Gasteiger partial charge in [0.15, 0.2) is 0 Å². The van der Waals surface area contributed by atoms with Crippen LogP contribution in [0.15, 0.2) is 80.7 Å². The normalized spacial score (nSPS) is 11.9. The Bertz CT molecular complexity index is 1210. The summed E-state index contributed by atoms with van der Waals surface area (Å²) in [5.74, 6) is 2.05. The first kappa shape index (κ1) is 21.8. The van der Waals surface area contributed by atoms with Crippen molar-refractivity contribution >= 4 is 16.7 Å². The van der Waals surface area contributed by atoms with Gasteiger partial charge in [-0.2, -0.15) is 0 Å². The van der Waals surface area contributed by atoms with Crippen LogP contribution >= 0.6 is 0 Å². The molecule has 0 fully saturated rings. The molecule has 2 aromatic heterocycles.